The molecular formula is C23H29N3O7S. The Morgan fingerprint density at radius 3 is 2.35 bits per heavy atom. The van der Waals surface area contributed by atoms with Crippen LogP contribution in [0.1, 0.15) is 45.1 Å². The summed E-state index contributed by atoms with van der Waals surface area (Å²) in [6.45, 7) is 7.38. The van der Waals surface area contributed by atoms with Crippen LogP contribution in [0.4, 0.5) is 4.79 Å². The van der Waals surface area contributed by atoms with Crippen LogP contribution in [0.3, 0.4) is 0 Å². The van der Waals surface area contributed by atoms with Gasteiger partial charge >= 0.3 is 17.5 Å². The first kappa shape index (κ1) is 24.4. The number of aromatic nitrogens is 2. The van der Waals surface area contributed by atoms with Gasteiger partial charge in [0.1, 0.15) is 23.8 Å². The molecule has 4 rings (SSSR count). The van der Waals surface area contributed by atoms with Crippen molar-refractivity contribution >= 4 is 17.5 Å². The van der Waals surface area contributed by atoms with Gasteiger partial charge in [0.15, 0.2) is 0 Å². The molecule has 0 radical (unpaired) electrons. The number of rotatable bonds is 5. The molecule has 1 aromatic heterocycles. The molecule has 2 fully saturated rings. The highest BCUT2D eigenvalue weighted by molar-refractivity contribution is 7.75. The molecule has 0 unspecified atom stereocenters. The molecule has 0 bridgehead atoms. The van der Waals surface area contributed by atoms with Crippen LogP contribution in [0.5, 0.6) is 17.5 Å². The molecule has 0 spiro atoms. The third kappa shape index (κ3) is 6.87. The molecule has 2 aliphatic rings. The highest BCUT2D eigenvalue weighted by Crippen LogP contribution is 2.27. The highest BCUT2D eigenvalue weighted by Gasteiger charge is 2.28. The van der Waals surface area contributed by atoms with Gasteiger partial charge in [0.2, 0.25) is 11.8 Å². The second kappa shape index (κ2) is 10.7. The number of piperidine rings is 1. The molecule has 3 heterocycles. The lowest BCUT2D eigenvalue weighted by Crippen LogP contribution is -2.44. The summed E-state index contributed by atoms with van der Waals surface area (Å²) >= 11 is -1.65. The van der Waals surface area contributed by atoms with Gasteiger partial charge in [-0.2, -0.15) is 4.21 Å². The highest BCUT2D eigenvalue weighted by atomic mass is 32.2. The number of hydrogen-bond donors (Lipinski definition) is 0. The number of benzene rings is 1. The molecule has 1 amide bonds. The number of nitrogens with zero attached hydrogens (tertiary/aromatic N) is 3. The van der Waals surface area contributed by atoms with E-state index in [0.717, 1.165) is 5.56 Å². The third-order valence-electron chi connectivity index (χ3n) is 5.30. The average Bonchev–Trinajstić information content (AvgIpc) is 2.80. The van der Waals surface area contributed by atoms with Crippen molar-refractivity contribution in [3.05, 3.63) is 42.2 Å². The lowest BCUT2D eigenvalue weighted by Gasteiger charge is -2.33. The number of ether oxygens (including phenoxy) is 3. The Morgan fingerprint density at radius 1 is 1.06 bits per heavy atom. The van der Waals surface area contributed by atoms with Crippen molar-refractivity contribution in [2.75, 3.05) is 26.3 Å². The van der Waals surface area contributed by atoms with E-state index in [2.05, 4.69) is 9.97 Å². The van der Waals surface area contributed by atoms with E-state index in [4.69, 9.17) is 22.6 Å². The van der Waals surface area contributed by atoms with E-state index in [1.165, 1.54) is 6.33 Å². The molecule has 34 heavy (non-hydrogen) atoms. The van der Waals surface area contributed by atoms with Crippen molar-refractivity contribution in [1.82, 2.24) is 14.9 Å². The van der Waals surface area contributed by atoms with Gasteiger partial charge in [-0.25, -0.2) is 14.8 Å². The average molecular weight is 492 g/mol. The summed E-state index contributed by atoms with van der Waals surface area (Å²) in [4.78, 5) is 22.3. The van der Waals surface area contributed by atoms with Gasteiger partial charge < -0.3 is 19.1 Å². The molecule has 2 saturated heterocycles. The van der Waals surface area contributed by atoms with Crippen LogP contribution in [0.15, 0.2) is 36.7 Å². The maximum Gasteiger partial charge on any atom is 0.410 e. The fourth-order valence-electron chi connectivity index (χ4n) is 3.58. The number of amides is 1. The zero-order chi connectivity index (χ0) is 24.1. The van der Waals surface area contributed by atoms with E-state index < -0.39 is 17.0 Å². The van der Waals surface area contributed by atoms with Gasteiger partial charge in [0.05, 0.1) is 19.3 Å². The molecule has 0 saturated carbocycles. The minimum atomic E-state index is -1.65. The van der Waals surface area contributed by atoms with E-state index in [1.54, 1.807) is 11.0 Å². The summed E-state index contributed by atoms with van der Waals surface area (Å²) in [5, 5.41) is 0. The van der Waals surface area contributed by atoms with E-state index in [1.807, 2.05) is 45.0 Å². The Morgan fingerprint density at radius 2 is 1.71 bits per heavy atom. The van der Waals surface area contributed by atoms with Crippen LogP contribution in [0.2, 0.25) is 0 Å². The molecule has 184 valence electrons. The van der Waals surface area contributed by atoms with Gasteiger partial charge in [-0.1, -0.05) is 12.1 Å². The summed E-state index contributed by atoms with van der Waals surface area (Å²) in [6, 6.07) is 9.13. The largest absolute Gasteiger partial charge is 0.474 e. The van der Waals surface area contributed by atoms with Crippen molar-refractivity contribution in [3.8, 4) is 17.5 Å². The normalized spacial score (nSPS) is 21.7. The molecular weight excluding hydrogens is 462 g/mol. The minimum Gasteiger partial charge on any atom is -0.474 e. The molecule has 2 aliphatic heterocycles. The first-order valence-corrected chi connectivity index (χ1v) is 12.2. The molecule has 0 N–H and O–H groups in total. The van der Waals surface area contributed by atoms with E-state index >= 15 is 0 Å². The number of likely N-dealkylation sites (tertiary alicyclic amines) is 1. The topological polar surface area (TPSA) is 109 Å². The summed E-state index contributed by atoms with van der Waals surface area (Å²) in [5.74, 6) is 1.42. The quantitative estimate of drug-likeness (QED) is 0.617. The predicted molar refractivity (Wildman–Crippen MR) is 123 cm³/mol. The first-order valence-electron chi connectivity index (χ1n) is 11.2. The van der Waals surface area contributed by atoms with Crippen molar-refractivity contribution in [2.24, 2.45) is 0 Å². The van der Waals surface area contributed by atoms with Gasteiger partial charge in [-0.3, -0.25) is 8.37 Å². The Hall–Kier alpha value is -2.76. The third-order valence-corrected chi connectivity index (χ3v) is 5.96. The molecule has 1 aromatic carbocycles. The van der Waals surface area contributed by atoms with Crippen LogP contribution in [-0.2, 0) is 24.5 Å². The van der Waals surface area contributed by atoms with Gasteiger partial charge in [-0.05, 0) is 38.5 Å². The fourth-order valence-corrected chi connectivity index (χ4v) is 4.19. The molecule has 0 atom stereocenters. The van der Waals surface area contributed by atoms with Crippen LogP contribution in [0, 0.1) is 0 Å². The lowest BCUT2D eigenvalue weighted by atomic mass is 10.0. The summed E-state index contributed by atoms with van der Waals surface area (Å²) < 4.78 is 38.5. The minimum absolute atomic E-state index is 0.0209. The molecule has 10 nitrogen and oxygen atoms in total. The Balaban J connectivity index is 1.28. The Kier molecular flexibility index (Phi) is 7.64. The van der Waals surface area contributed by atoms with Gasteiger partial charge in [-0.15, -0.1) is 0 Å². The molecule has 2 aromatic rings. The van der Waals surface area contributed by atoms with Crippen LogP contribution in [-0.4, -0.2) is 63.2 Å². The lowest BCUT2D eigenvalue weighted by molar-refractivity contribution is 0.0123. The Labute approximate surface area is 201 Å². The van der Waals surface area contributed by atoms with Crippen LogP contribution in [0.25, 0.3) is 0 Å². The van der Waals surface area contributed by atoms with Crippen molar-refractivity contribution in [2.45, 2.75) is 51.2 Å². The van der Waals surface area contributed by atoms with Gasteiger partial charge in [0.25, 0.3) is 0 Å². The van der Waals surface area contributed by atoms with E-state index in [-0.39, 0.29) is 18.1 Å². The number of carbonyl (C=O) groups is 1. The van der Waals surface area contributed by atoms with Crippen molar-refractivity contribution < 1.29 is 31.6 Å². The summed E-state index contributed by atoms with van der Waals surface area (Å²) in [5.41, 5.74) is 0.496. The van der Waals surface area contributed by atoms with Crippen LogP contribution >= 0.6 is 0 Å². The van der Waals surface area contributed by atoms with Crippen molar-refractivity contribution in [3.63, 3.8) is 0 Å². The maximum atomic E-state index is 12.2. The maximum absolute atomic E-state index is 12.2. The standard InChI is InChI=1S/C23H29N3O7S/c1-23(2,3)33-22(27)26-10-8-19(9-11-26)32-21-12-20(24-15-25-21)31-18-6-4-16(5-7-18)17-13-29-34(28)30-14-17/h4-7,12,15,17,19H,8-11,13-14H2,1-3H3/t17-,34-. The smallest absolute Gasteiger partial charge is 0.410 e. The fraction of sp³-hybridized carbons (Fsp3) is 0.522. The second-order valence-electron chi connectivity index (χ2n) is 9.12. The summed E-state index contributed by atoms with van der Waals surface area (Å²) in [6.07, 6.45) is 2.40. The van der Waals surface area contributed by atoms with E-state index in [0.29, 0.717) is 56.7 Å². The zero-order valence-electron chi connectivity index (χ0n) is 19.5. The number of hydrogen-bond acceptors (Lipinski definition) is 9. The zero-order valence-corrected chi connectivity index (χ0v) is 20.3. The Bertz CT molecular complexity index is 994. The SMILES string of the molecule is CC(C)(C)OC(=O)N1CCC(Oc2cc(Oc3ccc([C@H]4CO[S@](=O)OC4)cc3)ncn2)CC1. The molecule has 0 aliphatic carbocycles. The van der Waals surface area contributed by atoms with Crippen molar-refractivity contribution in [1.29, 1.82) is 0 Å². The van der Waals surface area contributed by atoms with Gasteiger partial charge in [0, 0.05) is 31.8 Å². The van der Waals surface area contributed by atoms with E-state index in [9.17, 15) is 9.00 Å². The molecule has 11 heteroatoms. The van der Waals surface area contributed by atoms with Crippen LogP contribution < -0.4 is 9.47 Å². The monoisotopic (exact) mass is 491 g/mol. The number of carbonyl (C=O) groups excluding carboxylic acids is 1. The second-order valence-corrected chi connectivity index (χ2v) is 10.00. The predicted octanol–water partition coefficient (Wildman–Crippen LogP) is 3.76. The first-order chi connectivity index (χ1) is 16.2. The summed E-state index contributed by atoms with van der Waals surface area (Å²) in [7, 11) is 0.